The van der Waals surface area contributed by atoms with Gasteiger partial charge in [0, 0.05) is 12.2 Å². The summed E-state index contributed by atoms with van der Waals surface area (Å²) in [5.74, 6) is -1.15. The number of nitrogens with zero attached hydrogens (tertiary/aromatic N) is 1. The second kappa shape index (κ2) is 5.49. The van der Waals surface area contributed by atoms with Crippen LogP contribution in [0.1, 0.15) is 17.3 Å². The lowest BCUT2D eigenvalue weighted by Crippen LogP contribution is -2.25. The number of carbonyl (C=O) groups is 2. The van der Waals surface area contributed by atoms with Crippen molar-refractivity contribution in [2.24, 2.45) is 0 Å². The molecule has 0 saturated heterocycles. The maximum atomic E-state index is 11.8. The van der Waals surface area contributed by atoms with Crippen molar-refractivity contribution in [2.75, 3.05) is 7.05 Å². The first kappa shape index (κ1) is 13.0. The van der Waals surface area contributed by atoms with E-state index in [2.05, 4.69) is 4.84 Å². The van der Waals surface area contributed by atoms with Gasteiger partial charge in [0.25, 0.3) is 0 Å². The van der Waals surface area contributed by atoms with Crippen LogP contribution in [0.15, 0.2) is 42.5 Å². The lowest BCUT2D eigenvalue weighted by Gasteiger charge is -2.13. The number of carbonyl (C=O) groups excluding carboxylic acids is 2. The highest BCUT2D eigenvalue weighted by Gasteiger charge is 2.13. The third-order valence-corrected chi connectivity index (χ3v) is 2.45. The van der Waals surface area contributed by atoms with Crippen LogP contribution in [0.25, 0.3) is 10.8 Å². The van der Waals surface area contributed by atoms with E-state index in [1.54, 1.807) is 12.1 Å². The van der Waals surface area contributed by atoms with E-state index in [-0.39, 0.29) is 0 Å². The van der Waals surface area contributed by atoms with Crippen molar-refractivity contribution >= 4 is 22.7 Å². The van der Waals surface area contributed by atoms with E-state index >= 15 is 0 Å². The van der Waals surface area contributed by atoms with Crippen molar-refractivity contribution < 1.29 is 19.3 Å². The summed E-state index contributed by atoms with van der Waals surface area (Å²) in [4.78, 5) is 31.9. The molecule has 0 saturated carbocycles. The van der Waals surface area contributed by atoms with Crippen LogP contribution in [-0.2, 0) is 14.5 Å². The van der Waals surface area contributed by atoms with Crippen molar-refractivity contribution in [3.05, 3.63) is 48.0 Å². The van der Waals surface area contributed by atoms with Crippen LogP contribution in [-0.4, -0.2) is 24.2 Å². The van der Waals surface area contributed by atoms with Gasteiger partial charge in [-0.2, -0.15) is 0 Å². The summed E-state index contributed by atoms with van der Waals surface area (Å²) in [6.45, 7) is 1.22. The summed E-state index contributed by atoms with van der Waals surface area (Å²) in [5.41, 5.74) is 0.387. The van der Waals surface area contributed by atoms with Crippen molar-refractivity contribution in [1.82, 2.24) is 5.23 Å². The molecule has 5 heteroatoms. The van der Waals surface area contributed by atoms with Gasteiger partial charge in [-0.25, -0.2) is 4.79 Å². The molecule has 0 aliphatic rings. The summed E-state index contributed by atoms with van der Waals surface area (Å²) >= 11 is 0. The molecule has 0 N–H and O–H groups in total. The molecule has 0 aliphatic heterocycles. The molecule has 0 atom stereocenters. The molecule has 0 aromatic heterocycles. The quantitative estimate of drug-likeness (QED) is 0.792. The highest BCUT2D eigenvalue weighted by molar-refractivity contribution is 5.95. The van der Waals surface area contributed by atoms with Gasteiger partial charge in [-0.3, -0.25) is 4.79 Å². The zero-order chi connectivity index (χ0) is 13.8. The fourth-order valence-electron chi connectivity index (χ4n) is 1.69. The Kier molecular flexibility index (Phi) is 3.77. The predicted octanol–water partition coefficient (Wildman–Crippen LogP) is 2.32. The van der Waals surface area contributed by atoms with Crippen LogP contribution < -0.4 is 0 Å². The smallest absolute Gasteiger partial charge is 0.334 e. The highest BCUT2D eigenvalue weighted by Crippen LogP contribution is 2.16. The molecule has 0 radical (unpaired) electrons. The Morgan fingerprint density at radius 2 is 1.68 bits per heavy atom. The van der Waals surface area contributed by atoms with E-state index in [0.29, 0.717) is 5.56 Å². The highest BCUT2D eigenvalue weighted by atomic mass is 17.0. The second-order valence-corrected chi connectivity index (χ2v) is 3.96. The summed E-state index contributed by atoms with van der Waals surface area (Å²) < 4.78 is 0. The van der Waals surface area contributed by atoms with E-state index in [1.807, 2.05) is 30.3 Å². The van der Waals surface area contributed by atoms with E-state index in [0.717, 1.165) is 16.0 Å². The Bertz CT molecular complexity index is 624. The van der Waals surface area contributed by atoms with Crippen LogP contribution in [0, 0.1) is 0 Å². The van der Waals surface area contributed by atoms with Crippen LogP contribution in [0.4, 0.5) is 0 Å². The van der Waals surface area contributed by atoms with Crippen LogP contribution in [0.5, 0.6) is 0 Å². The van der Waals surface area contributed by atoms with Gasteiger partial charge in [-0.15, -0.1) is 0 Å². The Labute approximate surface area is 110 Å². The molecule has 2 aromatic carbocycles. The third kappa shape index (κ3) is 3.29. The van der Waals surface area contributed by atoms with Crippen molar-refractivity contribution in [3.63, 3.8) is 0 Å². The van der Waals surface area contributed by atoms with E-state index in [9.17, 15) is 9.59 Å². The van der Waals surface area contributed by atoms with Crippen molar-refractivity contribution in [2.45, 2.75) is 6.92 Å². The largest absolute Gasteiger partial charge is 0.360 e. The zero-order valence-electron chi connectivity index (χ0n) is 10.6. The molecule has 19 heavy (non-hydrogen) atoms. The van der Waals surface area contributed by atoms with Gasteiger partial charge in [0.2, 0.25) is 0 Å². The van der Waals surface area contributed by atoms with Crippen LogP contribution >= 0.6 is 0 Å². The van der Waals surface area contributed by atoms with Gasteiger partial charge in [-0.05, 0) is 22.9 Å². The molecule has 5 nitrogen and oxygen atoms in total. The average molecular weight is 259 g/mol. The first-order valence-corrected chi connectivity index (χ1v) is 5.69. The average Bonchev–Trinajstić information content (AvgIpc) is 2.37. The fourth-order valence-corrected chi connectivity index (χ4v) is 1.69. The number of benzene rings is 2. The minimum atomic E-state index is -0.588. The molecule has 0 spiro atoms. The lowest BCUT2D eigenvalue weighted by molar-refractivity contribution is -0.296. The van der Waals surface area contributed by atoms with Crippen molar-refractivity contribution in [3.8, 4) is 0 Å². The fraction of sp³-hybridized carbons (Fsp3) is 0.143. The first-order chi connectivity index (χ1) is 9.06. The van der Waals surface area contributed by atoms with Gasteiger partial charge < -0.3 is 9.68 Å². The number of fused-ring (bicyclic) bond motifs is 1. The maximum Gasteiger partial charge on any atom is 0.360 e. The third-order valence-electron chi connectivity index (χ3n) is 2.45. The SMILES string of the molecule is CC(=O)ON(C)OC(=O)c1ccc2ccccc2c1. The zero-order valence-corrected chi connectivity index (χ0v) is 10.6. The Hall–Kier alpha value is -2.40. The molecule has 0 heterocycles. The number of hydroxylamine groups is 2. The summed E-state index contributed by atoms with van der Waals surface area (Å²) in [6.07, 6.45) is 0. The molecular formula is C14H13NO4. The molecule has 0 amide bonds. The first-order valence-electron chi connectivity index (χ1n) is 5.69. The monoisotopic (exact) mass is 259 g/mol. The minimum absolute atomic E-state index is 0.387. The van der Waals surface area contributed by atoms with Crippen LogP contribution in [0.2, 0.25) is 0 Å². The van der Waals surface area contributed by atoms with E-state index in [4.69, 9.17) is 4.84 Å². The van der Waals surface area contributed by atoms with Gasteiger partial charge in [-0.1, -0.05) is 30.3 Å². The minimum Gasteiger partial charge on any atom is -0.334 e. The topological polar surface area (TPSA) is 55.8 Å². The normalized spacial score (nSPS) is 10.5. The number of rotatable bonds is 3. The molecule has 98 valence electrons. The van der Waals surface area contributed by atoms with Crippen molar-refractivity contribution in [1.29, 1.82) is 0 Å². The maximum absolute atomic E-state index is 11.8. The Balaban J connectivity index is 2.15. The summed E-state index contributed by atoms with van der Waals surface area (Å²) in [6, 6.07) is 12.9. The standard InChI is InChI=1S/C14H13NO4/c1-10(16)18-15(2)19-14(17)13-8-7-11-5-3-4-6-12(11)9-13/h3-9H,1-2H3. The molecule has 0 aliphatic carbocycles. The van der Waals surface area contributed by atoms with Gasteiger partial charge >= 0.3 is 11.9 Å². The van der Waals surface area contributed by atoms with Gasteiger partial charge in [0.15, 0.2) is 0 Å². The second-order valence-electron chi connectivity index (χ2n) is 3.96. The Morgan fingerprint density at radius 1 is 1.00 bits per heavy atom. The molecule has 2 rings (SSSR count). The lowest BCUT2D eigenvalue weighted by atomic mass is 10.1. The summed E-state index contributed by atoms with van der Waals surface area (Å²) in [7, 11) is 1.33. The molecular weight excluding hydrogens is 246 g/mol. The van der Waals surface area contributed by atoms with Gasteiger partial charge in [0.05, 0.1) is 12.6 Å². The number of hydrogen-bond donors (Lipinski definition) is 0. The predicted molar refractivity (Wildman–Crippen MR) is 68.9 cm³/mol. The van der Waals surface area contributed by atoms with E-state index in [1.165, 1.54) is 14.0 Å². The number of hydrogen-bond acceptors (Lipinski definition) is 5. The van der Waals surface area contributed by atoms with Gasteiger partial charge in [0.1, 0.15) is 0 Å². The molecule has 0 bridgehead atoms. The molecule has 2 aromatic rings. The van der Waals surface area contributed by atoms with E-state index < -0.39 is 11.9 Å². The Morgan fingerprint density at radius 3 is 2.37 bits per heavy atom. The molecule has 0 fully saturated rings. The van der Waals surface area contributed by atoms with Crippen LogP contribution in [0.3, 0.4) is 0 Å². The summed E-state index contributed by atoms with van der Waals surface area (Å²) in [5, 5.41) is 2.71. The molecule has 0 unspecified atom stereocenters.